The van der Waals surface area contributed by atoms with Gasteiger partial charge in [-0.3, -0.25) is 0 Å². The van der Waals surface area contributed by atoms with Crippen molar-refractivity contribution in [3.63, 3.8) is 0 Å². The van der Waals surface area contributed by atoms with Gasteiger partial charge in [-0.1, -0.05) is 29.8 Å². The zero-order valence-electron chi connectivity index (χ0n) is 19.4. The van der Waals surface area contributed by atoms with Crippen LogP contribution in [0.15, 0.2) is 85.1 Å². The Morgan fingerprint density at radius 3 is 2.44 bits per heavy atom. The van der Waals surface area contributed by atoms with Gasteiger partial charge in [-0.15, -0.1) is 0 Å². The van der Waals surface area contributed by atoms with Crippen LogP contribution in [-0.2, 0) is 0 Å². The third-order valence-electron chi connectivity index (χ3n) is 6.27. The van der Waals surface area contributed by atoms with Crippen molar-refractivity contribution in [3.8, 4) is 34.0 Å². The van der Waals surface area contributed by atoms with E-state index in [1.54, 1.807) is 7.11 Å². The van der Waals surface area contributed by atoms with Crippen molar-refractivity contribution >= 4 is 5.69 Å². The molecule has 5 aromatic rings. The Kier molecular flexibility index (Phi) is 4.73. The maximum absolute atomic E-state index is 5.37. The lowest BCUT2D eigenvalue weighted by Crippen LogP contribution is -2.26. The normalized spacial score (nSPS) is 14.3. The Morgan fingerprint density at radius 2 is 1.68 bits per heavy atom. The summed E-state index contributed by atoms with van der Waals surface area (Å²) >= 11 is 0. The summed E-state index contributed by atoms with van der Waals surface area (Å²) in [5, 5.41) is 13.6. The summed E-state index contributed by atoms with van der Waals surface area (Å²) in [5.41, 5.74) is 9.54. The maximum Gasteiger partial charge on any atom is 0.151 e. The molecule has 168 valence electrons. The number of aryl methyl sites for hydroxylation is 2. The molecule has 0 bridgehead atoms. The fourth-order valence-electron chi connectivity index (χ4n) is 4.60. The van der Waals surface area contributed by atoms with Crippen LogP contribution in [0.25, 0.3) is 28.2 Å². The molecule has 1 N–H and O–H groups in total. The van der Waals surface area contributed by atoms with Crippen LogP contribution in [-0.4, -0.2) is 26.7 Å². The highest BCUT2D eigenvalue weighted by molar-refractivity contribution is 5.80. The average molecular weight is 448 g/mol. The first-order valence-electron chi connectivity index (χ1n) is 11.3. The fourth-order valence-corrected chi connectivity index (χ4v) is 4.60. The molecule has 6 rings (SSSR count). The predicted octanol–water partition coefficient (Wildman–Crippen LogP) is 6.00. The van der Waals surface area contributed by atoms with Gasteiger partial charge in [0, 0.05) is 28.6 Å². The Bertz CT molecular complexity index is 1480. The van der Waals surface area contributed by atoms with E-state index < -0.39 is 0 Å². The molecule has 3 aromatic carbocycles. The first kappa shape index (κ1) is 20.3. The largest absolute Gasteiger partial charge is 0.497 e. The van der Waals surface area contributed by atoms with Gasteiger partial charge in [0.1, 0.15) is 5.75 Å². The van der Waals surface area contributed by atoms with Crippen LogP contribution in [0.4, 0.5) is 5.69 Å². The number of para-hydroxylation sites is 1. The average Bonchev–Trinajstić information content (AvgIpc) is 3.48. The highest BCUT2D eigenvalue weighted by Crippen LogP contribution is 2.41. The molecule has 0 aliphatic carbocycles. The fraction of sp³-hybridized carbons (Fsp3) is 0.143. The van der Waals surface area contributed by atoms with Crippen LogP contribution in [0.2, 0.25) is 0 Å². The van der Waals surface area contributed by atoms with Gasteiger partial charge in [0.25, 0.3) is 0 Å². The minimum Gasteiger partial charge on any atom is -0.497 e. The van der Waals surface area contributed by atoms with Crippen LogP contribution in [0.5, 0.6) is 5.75 Å². The smallest absolute Gasteiger partial charge is 0.151 e. The quantitative estimate of drug-likeness (QED) is 0.367. The monoisotopic (exact) mass is 447 g/mol. The molecule has 0 spiro atoms. The molecule has 6 heteroatoms. The van der Waals surface area contributed by atoms with Gasteiger partial charge in [-0.2, -0.15) is 10.2 Å². The summed E-state index contributed by atoms with van der Waals surface area (Å²) < 4.78 is 9.39. The summed E-state index contributed by atoms with van der Waals surface area (Å²) in [6.45, 7) is 4.15. The van der Waals surface area contributed by atoms with E-state index in [-0.39, 0.29) is 6.17 Å². The molecule has 0 saturated heterocycles. The predicted molar refractivity (Wildman–Crippen MR) is 134 cm³/mol. The molecule has 0 fully saturated rings. The van der Waals surface area contributed by atoms with Gasteiger partial charge in [0.15, 0.2) is 6.17 Å². The topological polar surface area (TPSA) is 56.9 Å². The first-order chi connectivity index (χ1) is 16.6. The summed E-state index contributed by atoms with van der Waals surface area (Å²) in [6.07, 6.45) is 1.90. The molecular formula is C28H25N5O. The van der Waals surface area contributed by atoms with E-state index in [9.17, 15) is 0 Å². The molecule has 6 nitrogen and oxygen atoms in total. The highest BCUT2D eigenvalue weighted by atomic mass is 16.5. The zero-order chi connectivity index (χ0) is 23.2. The Labute approximate surface area is 198 Å². The van der Waals surface area contributed by atoms with E-state index in [2.05, 4.69) is 71.7 Å². The maximum atomic E-state index is 5.37. The molecule has 1 aliphatic rings. The van der Waals surface area contributed by atoms with E-state index in [4.69, 9.17) is 14.9 Å². The second-order valence-corrected chi connectivity index (χ2v) is 8.65. The number of aromatic nitrogens is 4. The molecule has 1 unspecified atom stereocenters. The van der Waals surface area contributed by atoms with Gasteiger partial charge in [-0.25, -0.2) is 9.36 Å². The van der Waals surface area contributed by atoms with Crippen molar-refractivity contribution in [1.82, 2.24) is 19.6 Å². The molecule has 1 atom stereocenters. The molecule has 34 heavy (non-hydrogen) atoms. The summed E-state index contributed by atoms with van der Waals surface area (Å²) in [7, 11) is 1.68. The lowest BCUT2D eigenvalue weighted by Gasteiger charge is -2.29. The van der Waals surface area contributed by atoms with Crippen molar-refractivity contribution in [2.24, 2.45) is 0 Å². The van der Waals surface area contributed by atoms with Gasteiger partial charge >= 0.3 is 0 Å². The number of nitrogens with zero attached hydrogens (tertiary/aromatic N) is 4. The Balaban J connectivity index is 1.55. The van der Waals surface area contributed by atoms with Gasteiger partial charge in [0.05, 0.1) is 29.9 Å². The van der Waals surface area contributed by atoms with Gasteiger partial charge in [0.2, 0.25) is 0 Å². The number of anilines is 1. The van der Waals surface area contributed by atoms with E-state index >= 15 is 0 Å². The molecular weight excluding hydrogens is 422 g/mol. The second-order valence-electron chi connectivity index (χ2n) is 8.65. The summed E-state index contributed by atoms with van der Waals surface area (Å²) in [6, 6.07) is 26.9. The summed E-state index contributed by atoms with van der Waals surface area (Å²) in [4.78, 5) is 0. The number of fused-ring (bicyclic) bond motifs is 3. The molecule has 0 saturated carbocycles. The van der Waals surface area contributed by atoms with Crippen molar-refractivity contribution in [3.05, 3.63) is 102 Å². The molecule has 0 radical (unpaired) electrons. The zero-order valence-corrected chi connectivity index (χ0v) is 19.4. The number of hydrogen-bond acceptors (Lipinski definition) is 4. The molecule has 0 amide bonds. The van der Waals surface area contributed by atoms with Crippen molar-refractivity contribution in [1.29, 1.82) is 0 Å². The van der Waals surface area contributed by atoms with Crippen LogP contribution in [0.1, 0.15) is 23.0 Å². The number of nitrogens with one attached hydrogen (secondary N) is 1. The number of rotatable bonds is 4. The van der Waals surface area contributed by atoms with Crippen molar-refractivity contribution in [2.75, 3.05) is 12.4 Å². The van der Waals surface area contributed by atoms with Crippen LogP contribution >= 0.6 is 0 Å². The standard InChI is InChI=1S/C28H25N5O/c1-18-9-14-25-23(15-18)26-16-19(2)30-33(26)28(29-25)24-17-32(21-7-5-4-6-8-21)31-27(24)20-10-12-22(34-3)13-11-20/h4-17,28-29H,1-3H3. The van der Waals surface area contributed by atoms with E-state index in [0.717, 1.165) is 45.3 Å². The van der Waals surface area contributed by atoms with Crippen LogP contribution < -0.4 is 10.1 Å². The SMILES string of the molecule is COc1ccc(-c2nn(-c3ccccc3)cc2C2Nc3ccc(C)cc3-c3cc(C)nn32)cc1. The molecule has 1 aliphatic heterocycles. The van der Waals surface area contributed by atoms with E-state index in [1.807, 2.05) is 41.9 Å². The van der Waals surface area contributed by atoms with E-state index in [0.29, 0.717) is 0 Å². The number of benzene rings is 3. The van der Waals surface area contributed by atoms with Crippen molar-refractivity contribution < 1.29 is 4.74 Å². The minimum atomic E-state index is -0.200. The van der Waals surface area contributed by atoms with Crippen molar-refractivity contribution in [2.45, 2.75) is 20.0 Å². The van der Waals surface area contributed by atoms with Gasteiger partial charge in [-0.05, 0) is 68.4 Å². The lowest BCUT2D eigenvalue weighted by atomic mass is 10.0. The Morgan fingerprint density at radius 1 is 0.882 bits per heavy atom. The summed E-state index contributed by atoms with van der Waals surface area (Å²) in [5.74, 6) is 0.817. The number of ether oxygens (including phenoxy) is 1. The third kappa shape index (κ3) is 3.35. The van der Waals surface area contributed by atoms with Crippen LogP contribution in [0, 0.1) is 13.8 Å². The lowest BCUT2D eigenvalue weighted by molar-refractivity contribution is 0.415. The number of hydrogen-bond donors (Lipinski definition) is 1. The molecule has 3 heterocycles. The van der Waals surface area contributed by atoms with E-state index in [1.165, 1.54) is 11.1 Å². The third-order valence-corrected chi connectivity index (χ3v) is 6.27. The first-order valence-corrected chi connectivity index (χ1v) is 11.3. The minimum absolute atomic E-state index is 0.200. The molecule has 2 aromatic heterocycles. The van der Waals surface area contributed by atoms with Gasteiger partial charge < -0.3 is 10.1 Å². The second kappa shape index (κ2) is 7.92. The highest BCUT2D eigenvalue weighted by Gasteiger charge is 2.30. The number of methoxy groups -OCH3 is 1. The Hall–Kier alpha value is -4.32. The van der Waals surface area contributed by atoms with Crippen LogP contribution in [0.3, 0.4) is 0 Å².